The first kappa shape index (κ1) is 43.4. The van der Waals surface area contributed by atoms with Crippen molar-refractivity contribution in [2.75, 3.05) is 21.2 Å². The Hall–Kier alpha value is 0.0400. The van der Waals surface area contributed by atoms with E-state index in [9.17, 15) is 30.4 Å². The highest BCUT2D eigenvalue weighted by Crippen LogP contribution is 2.45. The number of carbonyl (C=O) groups excluding carboxylic acids is 1. The smallest absolute Gasteiger partial charge is 0.310 e. The van der Waals surface area contributed by atoms with Gasteiger partial charge in [0.15, 0.2) is 10.4 Å². The molecular weight excluding hydrogens is 866 g/mol. The summed E-state index contributed by atoms with van der Waals surface area (Å²) in [4.78, 5) is 16.2. The van der Waals surface area contributed by atoms with Crippen LogP contribution >= 0.6 is 45.2 Å². The van der Waals surface area contributed by atoms with Crippen molar-refractivity contribution in [3.63, 3.8) is 0 Å². The Bertz CT molecular complexity index is 1150. The first-order valence-corrected chi connectivity index (χ1v) is 19.7. The predicted octanol–water partition coefficient (Wildman–Crippen LogP) is 3.50. The van der Waals surface area contributed by atoms with Gasteiger partial charge in [0.1, 0.15) is 17.8 Å². The van der Waals surface area contributed by atoms with Gasteiger partial charge in [-0.2, -0.15) is 0 Å². The van der Waals surface area contributed by atoms with E-state index in [2.05, 4.69) is 32.6 Å². The van der Waals surface area contributed by atoms with E-state index in [0.29, 0.717) is 6.42 Å². The van der Waals surface area contributed by atoms with E-state index >= 15 is 0 Å². The lowest BCUT2D eigenvalue weighted by atomic mass is 9.72. The van der Waals surface area contributed by atoms with Crippen LogP contribution in [0.15, 0.2) is 5.16 Å². The van der Waals surface area contributed by atoms with Crippen molar-refractivity contribution in [2.45, 2.75) is 155 Å². The largest absolute Gasteiger partial charge is 0.448 e. The number of cyclic esters (lactones) is 1. The minimum atomic E-state index is -1.94. The summed E-state index contributed by atoms with van der Waals surface area (Å²) in [5.74, 6) is -3.63. The molecule has 49 heavy (non-hydrogen) atoms. The van der Waals surface area contributed by atoms with Crippen molar-refractivity contribution < 1.29 is 54.1 Å². The monoisotopic (exact) mass is 926 g/mol. The first-order chi connectivity index (χ1) is 22.5. The molecule has 3 fully saturated rings. The Kier molecular flexibility index (Phi) is 15.1. The summed E-state index contributed by atoms with van der Waals surface area (Å²) in [7, 11) is 5.55. The SMILES string of the molecule is CO[C@]1(C)CC([C@H]2[C@H](I)[C@@H](O[C@H]3C[C@@H](N(C)C)C[C@@H](C)O3)[C@](C)(O)C[C@@H](C)/C(=N\O)[C@H](C)[C@@H](O)[C@](C)(O)[C@@H](I)OC(=O)[C@@H]2C)O[C@@H](C)[C@@H]1O. The average molecular weight is 927 g/mol. The third-order valence-electron chi connectivity index (χ3n) is 11.2. The summed E-state index contributed by atoms with van der Waals surface area (Å²) < 4.78 is 29.5. The van der Waals surface area contributed by atoms with Crippen molar-refractivity contribution in [2.24, 2.45) is 28.8 Å². The molecule has 0 bridgehead atoms. The second kappa shape index (κ2) is 17.0. The lowest BCUT2D eigenvalue weighted by Crippen LogP contribution is -2.62. The summed E-state index contributed by atoms with van der Waals surface area (Å²) in [5, 5.41) is 60.2. The molecule has 286 valence electrons. The zero-order valence-corrected chi connectivity index (χ0v) is 35.1. The second-order valence-corrected chi connectivity index (χ2v) is 18.1. The van der Waals surface area contributed by atoms with Crippen LogP contribution in [0, 0.1) is 23.7 Å². The van der Waals surface area contributed by atoms with E-state index in [1.54, 1.807) is 64.1 Å². The van der Waals surface area contributed by atoms with Gasteiger partial charge in [-0.3, -0.25) is 4.79 Å². The Labute approximate surface area is 319 Å². The fourth-order valence-corrected chi connectivity index (χ4v) is 10.6. The first-order valence-electron chi connectivity index (χ1n) is 17.2. The van der Waals surface area contributed by atoms with Gasteiger partial charge in [-0.25, -0.2) is 0 Å². The van der Waals surface area contributed by atoms with Crippen LogP contribution < -0.4 is 0 Å². The summed E-state index contributed by atoms with van der Waals surface area (Å²) in [6.45, 7) is 13.7. The van der Waals surface area contributed by atoms with Crippen molar-refractivity contribution in [1.29, 1.82) is 0 Å². The van der Waals surface area contributed by atoms with Crippen molar-refractivity contribution in [3.8, 4) is 0 Å². The van der Waals surface area contributed by atoms with Crippen LogP contribution in [0.2, 0.25) is 0 Å². The number of esters is 1. The van der Waals surface area contributed by atoms with E-state index in [0.717, 1.165) is 6.42 Å². The molecular formula is C34H60I2N2O11. The van der Waals surface area contributed by atoms with Crippen molar-refractivity contribution in [3.05, 3.63) is 0 Å². The molecule has 5 N–H and O–H groups in total. The number of hydrogen-bond donors (Lipinski definition) is 5. The quantitative estimate of drug-likeness (QED) is 0.0893. The number of ether oxygens (including phenoxy) is 5. The number of aliphatic hydroxyl groups is 4. The average Bonchev–Trinajstić information content (AvgIpc) is 3.01. The number of carbonyl (C=O) groups is 1. The maximum atomic E-state index is 14.1. The molecule has 0 radical (unpaired) electrons. The zero-order valence-electron chi connectivity index (χ0n) is 30.7. The lowest BCUT2D eigenvalue weighted by Gasteiger charge is -2.50. The molecule has 0 aromatic carbocycles. The molecule has 0 aromatic heterocycles. The van der Waals surface area contributed by atoms with Gasteiger partial charge in [0.2, 0.25) is 0 Å². The predicted molar refractivity (Wildman–Crippen MR) is 200 cm³/mol. The van der Waals surface area contributed by atoms with E-state index in [1.165, 1.54) is 14.0 Å². The summed E-state index contributed by atoms with van der Waals surface area (Å²) in [6.07, 6.45) is -3.84. The van der Waals surface area contributed by atoms with Crippen LogP contribution in [0.25, 0.3) is 0 Å². The van der Waals surface area contributed by atoms with Gasteiger partial charge in [0.05, 0.1) is 47.2 Å². The van der Waals surface area contributed by atoms with E-state index in [1.807, 2.05) is 21.0 Å². The van der Waals surface area contributed by atoms with Crippen LogP contribution in [-0.2, 0) is 28.5 Å². The number of methoxy groups -OCH3 is 1. The lowest BCUT2D eigenvalue weighted by molar-refractivity contribution is -0.259. The molecule has 0 aromatic rings. The fourth-order valence-electron chi connectivity index (χ4n) is 7.93. The Morgan fingerprint density at radius 2 is 1.55 bits per heavy atom. The fraction of sp³-hybridized carbons (Fsp3) is 0.941. The van der Waals surface area contributed by atoms with Gasteiger partial charge < -0.3 is 54.2 Å². The number of rotatable bonds is 5. The van der Waals surface area contributed by atoms with Crippen LogP contribution in [0.4, 0.5) is 0 Å². The highest BCUT2D eigenvalue weighted by atomic mass is 127. The van der Waals surface area contributed by atoms with Crippen LogP contribution in [0.1, 0.15) is 81.1 Å². The third-order valence-corrected chi connectivity index (χ3v) is 14.2. The molecule has 17 atom stereocenters. The molecule has 3 aliphatic heterocycles. The molecule has 13 nitrogen and oxygen atoms in total. The second-order valence-electron chi connectivity index (χ2n) is 15.6. The standard InChI is InChI=1S/C34H60I2N2O11/c1-16-14-32(6,42)29(48-23-13-21(38(9)10)12-17(2)46-23)25(35)24(22-15-33(7,45-11)28(40)20(5)47-22)18(3)30(41)49-31(36)34(8,43)27(39)19(4)26(16)37-44/h16-25,27-29,31,39-40,42-44H,12-15H2,1-11H3/b37-26+/t16-,17-,18-,19+,20+,21+,22?,23+,24+,25+,27-,28+,29-,31+,32-,33-,34+/m1/s1. The normalized spacial score (nSPS) is 50.6. The third kappa shape index (κ3) is 9.59. The molecule has 0 aliphatic carbocycles. The van der Waals surface area contributed by atoms with Gasteiger partial charge in [-0.15, -0.1) is 0 Å². The topological polar surface area (TPSA) is 180 Å². The van der Waals surface area contributed by atoms with E-state index in [4.69, 9.17) is 23.7 Å². The van der Waals surface area contributed by atoms with Crippen molar-refractivity contribution in [1.82, 2.24) is 4.90 Å². The molecule has 3 rings (SSSR count). The molecule has 0 amide bonds. The highest BCUT2D eigenvalue weighted by molar-refractivity contribution is 14.1. The number of aliphatic hydroxyl groups excluding tert-OH is 2. The van der Waals surface area contributed by atoms with Crippen LogP contribution in [0.5, 0.6) is 0 Å². The summed E-state index contributed by atoms with van der Waals surface area (Å²) >= 11 is 4.03. The molecule has 1 unspecified atom stereocenters. The van der Waals surface area contributed by atoms with Gasteiger partial charge >= 0.3 is 5.97 Å². The van der Waals surface area contributed by atoms with E-state index < -0.39 is 91.3 Å². The van der Waals surface area contributed by atoms with Gasteiger partial charge in [0.25, 0.3) is 0 Å². The van der Waals surface area contributed by atoms with E-state index in [-0.39, 0.29) is 30.7 Å². The minimum Gasteiger partial charge on any atom is -0.448 e. The zero-order chi connectivity index (χ0) is 37.4. The highest BCUT2D eigenvalue weighted by Gasteiger charge is 2.55. The maximum Gasteiger partial charge on any atom is 0.310 e. The maximum absolute atomic E-state index is 14.1. The molecule has 0 spiro atoms. The molecule has 3 heterocycles. The minimum absolute atomic E-state index is 0.0464. The summed E-state index contributed by atoms with van der Waals surface area (Å²) in [6, 6.07) is 0.170. The number of alkyl halides is 2. The van der Waals surface area contributed by atoms with Crippen LogP contribution in [-0.4, -0.2) is 137 Å². The molecule has 15 heteroatoms. The molecule has 3 saturated heterocycles. The number of halogens is 2. The molecule has 3 aliphatic rings. The van der Waals surface area contributed by atoms with Crippen LogP contribution in [0.3, 0.4) is 0 Å². The number of oxime groups is 1. The van der Waals surface area contributed by atoms with Gasteiger partial charge in [-0.1, -0.05) is 48.5 Å². The Balaban J connectivity index is 2.22. The van der Waals surface area contributed by atoms with Crippen molar-refractivity contribution >= 4 is 56.9 Å². The number of hydrogen-bond acceptors (Lipinski definition) is 13. The van der Waals surface area contributed by atoms with Gasteiger partial charge in [0, 0.05) is 47.7 Å². The summed E-state index contributed by atoms with van der Waals surface area (Å²) in [5.41, 5.74) is -4.38. The number of nitrogens with zero attached hydrogens (tertiary/aromatic N) is 2. The Morgan fingerprint density at radius 3 is 2.10 bits per heavy atom. The molecule has 0 saturated carbocycles. The Morgan fingerprint density at radius 1 is 0.939 bits per heavy atom. The van der Waals surface area contributed by atoms with Gasteiger partial charge in [-0.05, 0) is 84.1 Å².